The fourth-order valence-electron chi connectivity index (χ4n) is 0.596. The van der Waals surface area contributed by atoms with Gasteiger partial charge in [0, 0.05) is 0 Å². The molecule has 0 bridgehead atoms. The van der Waals surface area contributed by atoms with Crippen LogP contribution in [0.4, 0.5) is 0 Å². The Kier molecular flexibility index (Phi) is 4.78. The third kappa shape index (κ3) is 2.88. The lowest BCUT2D eigenvalue weighted by Crippen LogP contribution is -1.99. The van der Waals surface area contributed by atoms with Gasteiger partial charge >= 0.3 is 5.97 Å². The summed E-state index contributed by atoms with van der Waals surface area (Å²) in [4.78, 5) is 14.0. The first-order chi connectivity index (χ1) is 5.52. The summed E-state index contributed by atoms with van der Waals surface area (Å²) in [6, 6.07) is 1.15. The Morgan fingerprint density at radius 1 is 1.31 bits per heavy atom. The fourth-order valence-corrected chi connectivity index (χ4v) is 1.15. The highest BCUT2D eigenvalue weighted by molar-refractivity contribution is 6.42. The lowest BCUT2D eigenvalue weighted by atomic mass is 10.3. The van der Waals surface area contributed by atoms with Gasteiger partial charge in [-0.1, -0.05) is 34.8 Å². The molecule has 72 valence electrons. The molecule has 1 aromatic heterocycles. The van der Waals surface area contributed by atoms with Crippen LogP contribution >= 0.6 is 47.2 Å². The Hall–Kier alpha value is -0.220. The minimum atomic E-state index is -1.19. The van der Waals surface area contributed by atoms with E-state index in [1.54, 1.807) is 0 Å². The molecule has 13 heavy (non-hydrogen) atoms. The van der Waals surface area contributed by atoms with Gasteiger partial charge in [-0.2, -0.15) is 0 Å². The van der Waals surface area contributed by atoms with Crippen molar-refractivity contribution in [3.8, 4) is 0 Å². The van der Waals surface area contributed by atoms with Crippen molar-refractivity contribution in [3.05, 3.63) is 27.0 Å². The molecular weight excluding hydrogens is 260 g/mol. The van der Waals surface area contributed by atoms with E-state index in [1.807, 2.05) is 0 Å². The molecule has 0 aromatic carbocycles. The second-order valence-corrected chi connectivity index (χ2v) is 3.03. The monoisotopic (exact) mass is 261 g/mol. The lowest BCUT2D eigenvalue weighted by Gasteiger charge is -1.99. The molecule has 0 fully saturated rings. The highest BCUT2D eigenvalue weighted by Gasteiger charge is 2.12. The number of nitrogens with zero attached hydrogens (tertiary/aromatic N) is 1. The van der Waals surface area contributed by atoms with Crippen molar-refractivity contribution >= 4 is 53.2 Å². The third-order valence-corrected chi connectivity index (χ3v) is 2.08. The van der Waals surface area contributed by atoms with Gasteiger partial charge in [-0.25, -0.2) is 9.78 Å². The summed E-state index contributed by atoms with van der Waals surface area (Å²) in [6.45, 7) is 0. The maximum atomic E-state index is 10.5. The van der Waals surface area contributed by atoms with E-state index in [0.29, 0.717) is 0 Å². The first kappa shape index (κ1) is 12.8. The lowest BCUT2D eigenvalue weighted by molar-refractivity contribution is 0.0696. The number of halogens is 4. The van der Waals surface area contributed by atoms with Crippen molar-refractivity contribution in [2.24, 2.45) is 0 Å². The van der Waals surface area contributed by atoms with Gasteiger partial charge in [0.2, 0.25) is 0 Å². The van der Waals surface area contributed by atoms with E-state index in [-0.39, 0.29) is 33.3 Å². The molecule has 1 rings (SSSR count). The van der Waals surface area contributed by atoms with Crippen LogP contribution in [-0.2, 0) is 0 Å². The predicted molar refractivity (Wildman–Crippen MR) is 53.5 cm³/mol. The molecule has 3 nitrogen and oxygen atoms in total. The van der Waals surface area contributed by atoms with Gasteiger partial charge in [0.25, 0.3) is 0 Å². The van der Waals surface area contributed by atoms with Crippen LogP contribution in [0.3, 0.4) is 0 Å². The summed E-state index contributed by atoms with van der Waals surface area (Å²) in [5, 5.41) is 8.45. The van der Waals surface area contributed by atoms with Crippen LogP contribution < -0.4 is 0 Å². The molecule has 0 atom stereocenters. The molecule has 0 radical (unpaired) electrons. The number of carboxylic acid groups (broad SMARTS) is 1. The summed E-state index contributed by atoms with van der Waals surface area (Å²) < 4.78 is 0. The summed E-state index contributed by atoms with van der Waals surface area (Å²) in [7, 11) is 0. The SMILES string of the molecule is Cl.O=C(O)c1cc(Cl)c(Cl)nc1Cl. The van der Waals surface area contributed by atoms with Crippen molar-refractivity contribution in [2.45, 2.75) is 0 Å². The van der Waals surface area contributed by atoms with E-state index in [9.17, 15) is 4.79 Å². The number of rotatable bonds is 1. The average Bonchev–Trinajstić information content (AvgIpc) is 1.96. The Morgan fingerprint density at radius 2 is 1.85 bits per heavy atom. The largest absolute Gasteiger partial charge is 0.478 e. The summed E-state index contributed by atoms with van der Waals surface area (Å²) in [5.74, 6) is -1.19. The number of carbonyl (C=O) groups is 1. The zero-order chi connectivity index (χ0) is 9.30. The van der Waals surface area contributed by atoms with Crippen LogP contribution in [0.2, 0.25) is 15.3 Å². The highest BCUT2D eigenvalue weighted by atomic mass is 35.5. The highest BCUT2D eigenvalue weighted by Crippen LogP contribution is 2.25. The van der Waals surface area contributed by atoms with Crippen LogP contribution in [0.1, 0.15) is 10.4 Å². The maximum absolute atomic E-state index is 10.5. The Balaban J connectivity index is 0.00000144. The van der Waals surface area contributed by atoms with Crippen molar-refractivity contribution in [2.75, 3.05) is 0 Å². The van der Waals surface area contributed by atoms with Crippen LogP contribution in [0.5, 0.6) is 0 Å². The van der Waals surface area contributed by atoms with Gasteiger partial charge in [-0.15, -0.1) is 12.4 Å². The van der Waals surface area contributed by atoms with Crippen molar-refractivity contribution in [1.82, 2.24) is 4.98 Å². The van der Waals surface area contributed by atoms with Crippen LogP contribution in [0, 0.1) is 0 Å². The van der Waals surface area contributed by atoms with Crippen molar-refractivity contribution in [1.29, 1.82) is 0 Å². The normalized spacial score (nSPS) is 9.15. The van der Waals surface area contributed by atoms with E-state index in [0.717, 1.165) is 6.07 Å². The molecular formula is C6H3Cl4NO2. The van der Waals surface area contributed by atoms with Gasteiger partial charge in [-0.05, 0) is 6.07 Å². The molecule has 0 saturated heterocycles. The first-order valence-corrected chi connectivity index (χ1v) is 3.90. The van der Waals surface area contributed by atoms with E-state index in [1.165, 1.54) is 0 Å². The second-order valence-electron chi connectivity index (χ2n) is 1.90. The molecule has 0 saturated carbocycles. The standard InChI is InChI=1S/C6H2Cl3NO2.ClH/c7-3-1-2(6(11)12)4(8)10-5(3)9;/h1H,(H,11,12);1H. The number of hydrogen-bond acceptors (Lipinski definition) is 2. The van der Waals surface area contributed by atoms with E-state index < -0.39 is 5.97 Å². The van der Waals surface area contributed by atoms with Crippen LogP contribution in [0.15, 0.2) is 6.07 Å². The molecule has 0 unspecified atom stereocenters. The molecule has 0 spiro atoms. The molecule has 1 heterocycles. The number of pyridine rings is 1. The minimum Gasteiger partial charge on any atom is -0.478 e. The summed E-state index contributed by atoms with van der Waals surface area (Å²) >= 11 is 16.4. The predicted octanol–water partition coefficient (Wildman–Crippen LogP) is 3.16. The summed E-state index contributed by atoms with van der Waals surface area (Å²) in [6.07, 6.45) is 0. The van der Waals surface area contributed by atoms with Gasteiger partial charge in [-0.3, -0.25) is 0 Å². The van der Waals surface area contributed by atoms with Crippen molar-refractivity contribution < 1.29 is 9.90 Å². The molecule has 1 aromatic rings. The molecule has 7 heteroatoms. The topological polar surface area (TPSA) is 50.2 Å². The van der Waals surface area contributed by atoms with E-state index >= 15 is 0 Å². The minimum absolute atomic E-state index is 0. The average molecular weight is 263 g/mol. The van der Waals surface area contributed by atoms with E-state index in [4.69, 9.17) is 39.9 Å². The zero-order valence-corrected chi connectivity index (χ0v) is 9.01. The summed E-state index contributed by atoms with van der Waals surface area (Å²) in [5.41, 5.74) is -0.161. The Labute approximate surface area is 95.0 Å². The number of carboxylic acids is 1. The molecule has 0 aliphatic carbocycles. The Bertz CT molecular complexity index is 342. The smallest absolute Gasteiger partial charge is 0.338 e. The van der Waals surface area contributed by atoms with Crippen molar-refractivity contribution in [3.63, 3.8) is 0 Å². The number of hydrogen-bond donors (Lipinski definition) is 1. The van der Waals surface area contributed by atoms with E-state index in [2.05, 4.69) is 4.98 Å². The van der Waals surface area contributed by atoms with Crippen LogP contribution in [-0.4, -0.2) is 16.1 Å². The Morgan fingerprint density at radius 3 is 2.31 bits per heavy atom. The fraction of sp³-hybridized carbons (Fsp3) is 0. The number of aromatic nitrogens is 1. The van der Waals surface area contributed by atoms with Gasteiger partial charge < -0.3 is 5.11 Å². The number of aromatic carboxylic acids is 1. The molecule has 1 N–H and O–H groups in total. The molecule has 0 aliphatic rings. The first-order valence-electron chi connectivity index (χ1n) is 2.77. The van der Waals surface area contributed by atoms with Gasteiger partial charge in [0.05, 0.1) is 10.6 Å². The quantitative estimate of drug-likeness (QED) is 0.791. The third-order valence-electron chi connectivity index (χ3n) is 1.12. The second kappa shape index (κ2) is 4.86. The van der Waals surface area contributed by atoms with Gasteiger partial charge in [0.15, 0.2) is 0 Å². The molecule has 0 amide bonds. The maximum Gasteiger partial charge on any atom is 0.338 e. The molecule has 0 aliphatic heterocycles. The van der Waals surface area contributed by atoms with Crippen LogP contribution in [0.25, 0.3) is 0 Å². The zero-order valence-electron chi connectivity index (χ0n) is 5.92. The van der Waals surface area contributed by atoms with Gasteiger partial charge in [0.1, 0.15) is 10.3 Å².